The van der Waals surface area contributed by atoms with E-state index in [1.165, 1.54) is 0 Å². The smallest absolute Gasteiger partial charge is 0.236 e. The minimum Gasteiger partial charge on any atom is -0.341 e. The fraction of sp³-hybridized carbons (Fsp3) is 0.667. The van der Waals surface area contributed by atoms with Crippen molar-refractivity contribution in [2.24, 2.45) is 11.1 Å². The predicted molar refractivity (Wildman–Crippen MR) is 93.3 cm³/mol. The Balaban J connectivity index is 1.44. The minimum atomic E-state index is -3.48. The van der Waals surface area contributed by atoms with E-state index in [4.69, 9.17) is 5.14 Å². The lowest BCUT2D eigenvalue weighted by atomic mass is 10.2. The van der Waals surface area contributed by atoms with E-state index in [1.807, 2.05) is 0 Å². The molecule has 2 aliphatic heterocycles. The van der Waals surface area contributed by atoms with Gasteiger partial charge in [0.05, 0.1) is 12.3 Å². The molecule has 9 nitrogen and oxygen atoms in total. The van der Waals surface area contributed by atoms with Crippen molar-refractivity contribution in [2.75, 3.05) is 56.5 Å². The lowest BCUT2D eigenvalue weighted by Crippen LogP contribution is -2.50. The number of carbonyl (C=O) groups excluding carboxylic acids is 1. The van der Waals surface area contributed by atoms with Crippen LogP contribution in [0.2, 0.25) is 0 Å². The number of anilines is 1. The van der Waals surface area contributed by atoms with Crippen molar-refractivity contribution < 1.29 is 13.2 Å². The zero-order chi connectivity index (χ0) is 17.9. The first-order valence-corrected chi connectivity index (χ1v) is 10.1. The van der Waals surface area contributed by atoms with Gasteiger partial charge in [-0.05, 0) is 18.4 Å². The number of piperazine rings is 1. The van der Waals surface area contributed by atoms with E-state index >= 15 is 0 Å². The molecule has 0 saturated carbocycles. The molecule has 0 bridgehead atoms. The van der Waals surface area contributed by atoms with Crippen molar-refractivity contribution in [1.82, 2.24) is 19.8 Å². The van der Waals surface area contributed by atoms with Gasteiger partial charge in [0.1, 0.15) is 0 Å². The van der Waals surface area contributed by atoms with Gasteiger partial charge in [-0.25, -0.2) is 23.5 Å². The summed E-state index contributed by atoms with van der Waals surface area (Å²) in [5.41, 5.74) is 0. The topological polar surface area (TPSA) is 113 Å². The van der Waals surface area contributed by atoms with Crippen LogP contribution in [0.4, 0.5) is 5.95 Å². The molecule has 0 radical (unpaired) electrons. The van der Waals surface area contributed by atoms with E-state index in [0.29, 0.717) is 26.1 Å². The maximum Gasteiger partial charge on any atom is 0.236 e. The molecule has 0 aromatic carbocycles. The number of primary sulfonamides is 1. The normalized spacial score (nSPS) is 22.4. The molecule has 0 unspecified atom stereocenters. The molecule has 2 saturated heterocycles. The molecule has 3 heterocycles. The number of carbonyl (C=O) groups is 1. The highest BCUT2D eigenvalue weighted by Crippen LogP contribution is 2.18. The summed E-state index contributed by atoms with van der Waals surface area (Å²) >= 11 is 0. The Morgan fingerprint density at radius 1 is 1.16 bits per heavy atom. The highest BCUT2D eigenvalue weighted by molar-refractivity contribution is 7.89. The molecule has 1 aromatic heterocycles. The summed E-state index contributed by atoms with van der Waals surface area (Å²) in [4.78, 5) is 26.9. The zero-order valence-electron chi connectivity index (χ0n) is 14.1. The number of aromatic nitrogens is 2. The van der Waals surface area contributed by atoms with Gasteiger partial charge in [-0.1, -0.05) is 0 Å². The standard InChI is InChI=1S/C15H24N6O3S/c16-25(23,24)12-13-2-5-21(10-13)14(22)11-19-6-8-20(9-7-19)15-17-3-1-4-18-15/h1,3-4,13H,2,5-12H2,(H2,16,23,24)/t13-/m1/s1. The van der Waals surface area contributed by atoms with Crippen molar-refractivity contribution in [3.05, 3.63) is 18.5 Å². The number of sulfonamides is 1. The molecule has 1 aromatic rings. The Hall–Kier alpha value is -1.78. The fourth-order valence-corrected chi connectivity index (χ4v) is 4.30. The molecule has 1 atom stereocenters. The molecule has 2 N–H and O–H groups in total. The molecule has 2 aliphatic rings. The second-order valence-electron chi connectivity index (χ2n) is 6.64. The molecule has 0 aliphatic carbocycles. The van der Waals surface area contributed by atoms with Crippen LogP contribution in [0.25, 0.3) is 0 Å². The number of nitrogens with two attached hydrogens (primary N) is 1. The summed E-state index contributed by atoms with van der Waals surface area (Å²) in [5, 5.41) is 5.09. The number of amides is 1. The third-order valence-electron chi connectivity index (χ3n) is 4.67. The predicted octanol–water partition coefficient (Wildman–Crippen LogP) is -1.26. The molecule has 10 heteroatoms. The van der Waals surface area contributed by atoms with Crippen LogP contribution in [0.5, 0.6) is 0 Å². The Labute approximate surface area is 147 Å². The monoisotopic (exact) mass is 368 g/mol. The number of hydrogen-bond acceptors (Lipinski definition) is 7. The van der Waals surface area contributed by atoms with Gasteiger partial charge >= 0.3 is 0 Å². The molecular weight excluding hydrogens is 344 g/mol. The molecule has 1 amide bonds. The summed E-state index contributed by atoms with van der Waals surface area (Å²) in [6.45, 7) is 4.57. The van der Waals surface area contributed by atoms with E-state index < -0.39 is 10.0 Å². The number of likely N-dealkylation sites (tertiary alicyclic amines) is 1. The molecule has 138 valence electrons. The van der Waals surface area contributed by atoms with Gasteiger partial charge in [0.25, 0.3) is 0 Å². The van der Waals surface area contributed by atoms with Gasteiger partial charge in [-0.3, -0.25) is 9.69 Å². The Morgan fingerprint density at radius 3 is 2.48 bits per heavy atom. The van der Waals surface area contributed by atoms with Crippen LogP contribution in [0.15, 0.2) is 18.5 Å². The Bertz CT molecular complexity index is 690. The SMILES string of the molecule is NS(=O)(=O)C[C@@H]1CCN(C(=O)CN2CCN(c3ncccn3)CC2)C1. The van der Waals surface area contributed by atoms with Crippen LogP contribution >= 0.6 is 0 Å². The van der Waals surface area contributed by atoms with Crippen molar-refractivity contribution in [3.8, 4) is 0 Å². The largest absolute Gasteiger partial charge is 0.341 e. The highest BCUT2D eigenvalue weighted by atomic mass is 32.2. The van der Waals surface area contributed by atoms with Gasteiger partial charge in [0.15, 0.2) is 0 Å². The van der Waals surface area contributed by atoms with Crippen LogP contribution in [0.1, 0.15) is 6.42 Å². The van der Waals surface area contributed by atoms with Crippen molar-refractivity contribution in [3.63, 3.8) is 0 Å². The summed E-state index contributed by atoms with van der Waals surface area (Å²) in [6, 6.07) is 1.79. The second-order valence-corrected chi connectivity index (χ2v) is 8.30. The van der Waals surface area contributed by atoms with E-state index in [1.54, 1.807) is 23.4 Å². The summed E-state index contributed by atoms with van der Waals surface area (Å²) in [7, 11) is -3.48. The summed E-state index contributed by atoms with van der Waals surface area (Å²) < 4.78 is 22.4. The number of hydrogen-bond donors (Lipinski definition) is 1. The van der Waals surface area contributed by atoms with Crippen molar-refractivity contribution in [1.29, 1.82) is 0 Å². The van der Waals surface area contributed by atoms with Crippen LogP contribution < -0.4 is 10.0 Å². The van der Waals surface area contributed by atoms with E-state index in [-0.39, 0.29) is 17.6 Å². The first-order chi connectivity index (χ1) is 11.9. The van der Waals surface area contributed by atoms with Crippen molar-refractivity contribution in [2.45, 2.75) is 6.42 Å². The van der Waals surface area contributed by atoms with E-state index in [9.17, 15) is 13.2 Å². The highest BCUT2D eigenvalue weighted by Gasteiger charge is 2.30. The van der Waals surface area contributed by atoms with E-state index in [0.717, 1.165) is 32.1 Å². The first kappa shape index (κ1) is 18.0. The van der Waals surface area contributed by atoms with Gasteiger partial charge in [0, 0.05) is 51.7 Å². The fourth-order valence-electron chi connectivity index (χ4n) is 3.38. The van der Waals surface area contributed by atoms with Crippen molar-refractivity contribution >= 4 is 21.9 Å². The van der Waals surface area contributed by atoms with Crippen LogP contribution in [0.3, 0.4) is 0 Å². The lowest BCUT2D eigenvalue weighted by Gasteiger charge is -2.34. The summed E-state index contributed by atoms with van der Waals surface area (Å²) in [6.07, 6.45) is 4.15. The number of rotatable bonds is 5. The number of nitrogens with zero attached hydrogens (tertiary/aromatic N) is 5. The average Bonchev–Trinajstić information content (AvgIpc) is 3.03. The maximum absolute atomic E-state index is 12.4. The third-order valence-corrected chi connectivity index (χ3v) is 5.61. The van der Waals surface area contributed by atoms with Gasteiger partial charge in [-0.15, -0.1) is 0 Å². The molecular formula is C15H24N6O3S. The van der Waals surface area contributed by atoms with Crippen LogP contribution in [-0.2, 0) is 14.8 Å². The van der Waals surface area contributed by atoms with Crippen LogP contribution in [-0.4, -0.2) is 85.7 Å². The summed E-state index contributed by atoms with van der Waals surface area (Å²) in [5.74, 6) is 0.679. The Kier molecular flexibility index (Phi) is 5.50. The Morgan fingerprint density at radius 2 is 1.84 bits per heavy atom. The molecule has 25 heavy (non-hydrogen) atoms. The molecule has 0 spiro atoms. The quantitative estimate of drug-likeness (QED) is 0.690. The van der Waals surface area contributed by atoms with Gasteiger partial charge in [0.2, 0.25) is 21.9 Å². The lowest BCUT2D eigenvalue weighted by molar-refractivity contribution is -0.131. The first-order valence-electron chi connectivity index (χ1n) is 8.43. The average molecular weight is 368 g/mol. The third kappa shape index (κ3) is 5.10. The maximum atomic E-state index is 12.4. The van der Waals surface area contributed by atoms with Crippen LogP contribution in [0, 0.1) is 5.92 Å². The van der Waals surface area contributed by atoms with Gasteiger partial charge < -0.3 is 9.80 Å². The van der Waals surface area contributed by atoms with E-state index in [2.05, 4.69) is 19.8 Å². The minimum absolute atomic E-state index is 0.0491. The van der Waals surface area contributed by atoms with Gasteiger partial charge in [-0.2, -0.15) is 0 Å². The molecule has 2 fully saturated rings. The second kappa shape index (κ2) is 7.63. The molecule has 3 rings (SSSR count). The zero-order valence-corrected chi connectivity index (χ0v) is 14.9.